The average Bonchev–Trinajstić information content (AvgIpc) is 3.24. The molecule has 0 aliphatic carbocycles. The van der Waals surface area contributed by atoms with Gasteiger partial charge in [0.05, 0.1) is 28.8 Å². The Labute approximate surface area is 358 Å². The number of anilines is 5. The minimum atomic E-state index is -0.0954. The Balaban J connectivity index is 0.000000181. The number of hydrogen-bond donors (Lipinski definition) is 4. The molecular weight excluding hydrogens is 775 g/mol. The molecule has 2 heterocycles. The minimum Gasteiger partial charge on any atom is -0.382 e. The number of halogens is 2. The van der Waals surface area contributed by atoms with E-state index in [2.05, 4.69) is 107 Å². The van der Waals surface area contributed by atoms with E-state index in [1.165, 1.54) is 28.6 Å². The standard InChI is InChI=1S/C24H25N3O.C16H18N2.C8H7NO.CH2Cl2/c1-17-12-14-20(15-13-17)26-24(28)27-18(2)16-22(21-10-6-7-11-23(21)27)25-19-8-4-3-5-9-19;1-12-11-16(18-13-7-3-2-4-8-13)14-9-5-6-10-15(14)17-12;1-7-2-4-8(5-3-7)9-6-10;2-1-3/h3-15,18,22,25H,16H2,1-2H3,(H,26,28);2-10,12,16-18H,11H2,1H3;2-5H,1H3;1H2/t18-,22+;12-,16+;;/m11../s1. The van der Waals surface area contributed by atoms with Crippen LogP contribution < -0.4 is 26.2 Å². The summed E-state index contributed by atoms with van der Waals surface area (Å²) in [5.41, 5.74) is 10.8. The molecule has 4 atom stereocenters. The van der Waals surface area contributed by atoms with E-state index in [4.69, 9.17) is 23.2 Å². The number of rotatable bonds is 6. The van der Waals surface area contributed by atoms with Crippen LogP contribution in [0.1, 0.15) is 61.0 Å². The molecule has 4 N–H and O–H groups in total. The quantitative estimate of drug-likeness (QED) is 0.0762. The lowest BCUT2D eigenvalue weighted by atomic mass is 9.91. The molecule has 6 aromatic carbocycles. The van der Waals surface area contributed by atoms with Crippen LogP contribution in [0.4, 0.5) is 38.9 Å². The van der Waals surface area contributed by atoms with Crippen molar-refractivity contribution in [3.8, 4) is 0 Å². The third-order valence-corrected chi connectivity index (χ3v) is 9.88. The highest BCUT2D eigenvalue weighted by molar-refractivity contribution is 6.40. The number of alkyl halides is 2. The van der Waals surface area contributed by atoms with Crippen LogP contribution in [0.25, 0.3) is 0 Å². The molecule has 304 valence electrons. The summed E-state index contributed by atoms with van der Waals surface area (Å²) in [5.74, 6) is 0. The molecule has 59 heavy (non-hydrogen) atoms. The number of hydrogen-bond acceptors (Lipinski definition) is 6. The summed E-state index contributed by atoms with van der Waals surface area (Å²) in [6.07, 6.45) is 3.42. The topological polar surface area (TPSA) is 97.9 Å². The van der Waals surface area contributed by atoms with E-state index < -0.39 is 0 Å². The Morgan fingerprint density at radius 2 is 1.15 bits per heavy atom. The number of amides is 2. The van der Waals surface area contributed by atoms with Gasteiger partial charge in [0.1, 0.15) is 0 Å². The maximum atomic E-state index is 13.1. The lowest BCUT2D eigenvalue weighted by Crippen LogP contribution is -2.46. The Kier molecular flexibility index (Phi) is 17.0. The van der Waals surface area contributed by atoms with Crippen molar-refractivity contribution in [2.24, 2.45) is 4.99 Å². The predicted octanol–water partition coefficient (Wildman–Crippen LogP) is 13.4. The zero-order chi connectivity index (χ0) is 42.0. The van der Waals surface area contributed by atoms with E-state index in [0.717, 1.165) is 41.0 Å². The first-order chi connectivity index (χ1) is 28.7. The molecule has 2 amide bonds. The first-order valence-electron chi connectivity index (χ1n) is 19.7. The summed E-state index contributed by atoms with van der Waals surface area (Å²) >= 11 is 9.53. The summed E-state index contributed by atoms with van der Waals surface area (Å²) in [5, 5.41) is 14.0. The number of carbonyl (C=O) groups is 1. The second-order valence-electron chi connectivity index (χ2n) is 14.4. The van der Waals surface area contributed by atoms with E-state index in [1.807, 2.05) is 97.6 Å². The normalized spacial score (nSPS) is 17.1. The Hall–Kier alpha value is -6.05. The van der Waals surface area contributed by atoms with Crippen LogP contribution in [0.15, 0.2) is 163 Å². The number of fused-ring (bicyclic) bond motifs is 2. The molecule has 0 radical (unpaired) electrons. The fraction of sp³-hybridized carbons (Fsp3) is 0.224. The maximum Gasteiger partial charge on any atom is 0.326 e. The van der Waals surface area contributed by atoms with Gasteiger partial charge >= 0.3 is 6.03 Å². The first kappa shape index (κ1) is 44.1. The van der Waals surface area contributed by atoms with E-state index in [-0.39, 0.29) is 23.5 Å². The molecule has 0 fully saturated rings. The second kappa shape index (κ2) is 22.8. The average molecular weight is 828 g/mol. The first-order valence-corrected chi connectivity index (χ1v) is 20.8. The number of nitrogens with one attached hydrogen (secondary N) is 4. The number of aliphatic imine (C=N–C) groups is 1. The maximum absolute atomic E-state index is 13.1. The van der Waals surface area contributed by atoms with Crippen LogP contribution in [-0.2, 0) is 4.79 Å². The predicted molar refractivity (Wildman–Crippen MR) is 248 cm³/mol. The van der Waals surface area contributed by atoms with E-state index in [0.29, 0.717) is 17.8 Å². The van der Waals surface area contributed by atoms with Crippen LogP contribution in [0.3, 0.4) is 0 Å². The highest BCUT2D eigenvalue weighted by Gasteiger charge is 2.33. The number of isocyanates is 1. The molecule has 0 unspecified atom stereocenters. The van der Waals surface area contributed by atoms with Gasteiger partial charge in [0, 0.05) is 34.8 Å². The second-order valence-corrected chi connectivity index (χ2v) is 15.3. The minimum absolute atomic E-state index is 0.0709. The Morgan fingerprint density at radius 1 is 0.661 bits per heavy atom. The van der Waals surface area contributed by atoms with Crippen molar-refractivity contribution in [2.75, 3.05) is 31.5 Å². The fourth-order valence-corrected chi connectivity index (χ4v) is 7.10. The molecule has 0 saturated heterocycles. The largest absolute Gasteiger partial charge is 0.382 e. The molecule has 0 saturated carbocycles. The van der Waals surface area contributed by atoms with Gasteiger partial charge in [-0.25, -0.2) is 9.59 Å². The molecule has 0 aromatic heterocycles. The molecular formula is C49H52Cl2N6O2. The van der Waals surface area contributed by atoms with E-state index >= 15 is 0 Å². The molecule has 6 aromatic rings. The third kappa shape index (κ3) is 13.2. The van der Waals surface area contributed by atoms with Gasteiger partial charge in [-0.2, -0.15) is 4.99 Å². The molecule has 0 spiro atoms. The van der Waals surface area contributed by atoms with Gasteiger partial charge in [0.15, 0.2) is 0 Å². The van der Waals surface area contributed by atoms with Crippen molar-refractivity contribution in [2.45, 2.75) is 64.7 Å². The number of para-hydroxylation sites is 4. The van der Waals surface area contributed by atoms with Gasteiger partial charge in [-0.15, -0.1) is 23.2 Å². The highest BCUT2D eigenvalue weighted by Crippen LogP contribution is 2.39. The molecule has 8 rings (SSSR count). The summed E-state index contributed by atoms with van der Waals surface area (Å²) in [4.78, 5) is 28.2. The summed E-state index contributed by atoms with van der Waals surface area (Å²) in [6.45, 7) is 8.35. The zero-order valence-electron chi connectivity index (χ0n) is 33.9. The highest BCUT2D eigenvalue weighted by atomic mass is 35.5. The SMILES string of the molecule is C[C@@H]1C[C@H](Nc2ccccc2)c2ccccc2N1.Cc1ccc(N=C=O)cc1.Cc1ccc(NC(=O)N2c3ccccc3[C@@H](Nc3ccccc3)C[C@H]2C)cc1.ClCCl. The van der Waals surface area contributed by atoms with Gasteiger partial charge in [0.2, 0.25) is 6.08 Å². The van der Waals surface area contributed by atoms with Crippen LogP contribution in [-0.4, -0.2) is 29.5 Å². The number of carbonyl (C=O) groups excluding carboxylic acids is 2. The van der Waals surface area contributed by atoms with Gasteiger partial charge in [0.25, 0.3) is 0 Å². The number of nitrogens with zero attached hydrogens (tertiary/aromatic N) is 2. The van der Waals surface area contributed by atoms with Gasteiger partial charge in [-0.1, -0.05) is 108 Å². The van der Waals surface area contributed by atoms with Gasteiger partial charge in [-0.05, 0) is 112 Å². The number of urea groups is 1. The van der Waals surface area contributed by atoms with Crippen molar-refractivity contribution in [3.05, 3.63) is 180 Å². The zero-order valence-corrected chi connectivity index (χ0v) is 35.4. The van der Waals surface area contributed by atoms with E-state index in [9.17, 15) is 9.59 Å². The fourth-order valence-electron chi connectivity index (χ4n) is 7.10. The molecule has 2 aliphatic heterocycles. The summed E-state index contributed by atoms with van der Waals surface area (Å²) in [7, 11) is 0. The van der Waals surface area contributed by atoms with Crippen LogP contribution >= 0.6 is 23.2 Å². The van der Waals surface area contributed by atoms with Crippen LogP contribution in [0, 0.1) is 13.8 Å². The van der Waals surface area contributed by atoms with Crippen LogP contribution in [0.5, 0.6) is 0 Å². The van der Waals surface area contributed by atoms with Crippen molar-refractivity contribution < 1.29 is 9.59 Å². The van der Waals surface area contributed by atoms with Crippen molar-refractivity contribution in [1.29, 1.82) is 0 Å². The monoisotopic (exact) mass is 826 g/mol. The smallest absolute Gasteiger partial charge is 0.326 e. The molecule has 8 nitrogen and oxygen atoms in total. The number of aryl methyl sites for hydroxylation is 2. The summed E-state index contributed by atoms with van der Waals surface area (Å²) < 4.78 is 0. The Morgan fingerprint density at radius 3 is 1.73 bits per heavy atom. The number of benzene rings is 6. The lowest BCUT2D eigenvalue weighted by Gasteiger charge is -2.39. The van der Waals surface area contributed by atoms with Crippen LogP contribution in [0.2, 0.25) is 0 Å². The van der Waals surface area contributed by atoms with Crippen molar-refractivity contribution >= 4 is 69.4 Å². The van der Waals surface area contributed by atoms with Gasteiger partial charge in [-0.3, -0.25) is 4.90 Å². The van der Waals surface area contributed by atoms with E-state index in [1.54, 1.807) is 12.1 Å². The van der Waals surface area contributed by atoms with Gasteiger partial charge < -0.3 is 21.3 Å². The van der Waals surface area contributed by atoms with Crippen molar-refractivity contribution in [3.63, 3.8) is 0 Å². The van der Waals surface area contributed by atoms with Crippen molar-refractivity contribution in [1.82, 2.24) is 0 Å². The molecule has 0 bridgehead atoms. The lowest BCUT2D eigenvalue weighted by molar-refractivity contribution is 0.254. The Bertz CT molecular complexity index is 2230. The molecule has 10 heteroatoms. The third-order valence-electron chi connectivity index (χ3n) is 9.88. The molecule has 2 aliphatic rings. The summed E-state index contributed by atoms with van der Waals surface area (Å²) in [6, 6.07) is 53.6.